The Morgan fingerprint density at radius 2 is 2.30 bits per heavy atom. The SMILES string of the molecule is Cc1cnc(CN(C)[C@H]2CN(C(=O)CSCC3CC3)C[C@@H]2O)[nH]1. The maximum Gasteiger partial charge on any atom is 0.232 e. The zero-order valence-electron chi connectivity index (χ0n) is 13.9. The number of thioether (sulfide) groups is 1. The Bertz CT molecular complexity index is 546. The summed E-state index contributed by atoms with van der Waals surface area (Å²) in [5.41, 5.74) is 1.03. The number of nitrogens with zero attached hydrogens (tertiary/aromatic N) is 3. The molecule has 0 spiro atoms. The van der Waals surface area contributed by atoms with Crippen LogP contribution in [0.3, 0.4) is 0 Å². The van der Waals surface area contributed by atoms with Gasteiger partial charge in [0.2, 0.25) is 5.91 Å². The molecule has 1 amide bonds. The second-order valence-electron chi connectivity index (χ2n) is 6.82. The molecule has 1 aromatic heterocycles. The van der Waals surface area contributed by atoms with E-state index in [0.29, 0.717) is 25.4 Å². The minimum Gasteiger partial charge on any atom is -0.390 e. The minimum absolute atomic E-state index is 0.0298. The van der Waals surface area contributed by atoms with Gasteiger partial charge in [0.05, 0.1) is 24.4 Å². The monoisotopic (exact) mass is 338 g/mol. The predicted octanol–water partition coefficient (Wildman–Crippen LogP) is 0.865. The summed E-state index contributed by atoms with van der Waals surface area (Å²) in [6, 6.07) is -0.0298. The number of aromatic amines is 1. The summed E-state index contributed by atoms with van der Waals surface area (Å²) in [6.07, 6.45) is 3.96. The highest BCUT2D eigenvalue weighted by Gasteiger charge is 2.36. The highest BCUT2D eigenvalue weighted by molar-refractivity contribution is 7.99. The number of hydrogen-bond donors (Lipinski definition) is 2. The first kappa shape index (κ1) is 16.8. The third-order valence-corrected chi connectivity index (χ3v) is 5.77. The molecule has 2 fully saturated rings. The smallest absolute Gasteiger partial charge is 0.232 e. The van der Waals surface area contributed by atoms with Gasteiger partial charge < -0.3 is 15.0 Å². The van der Waals surface area contributed by atoms with Crippen LogP contribution in [0.5, 0.6) is 0 Å². The number of carbonyl (C=O) groups is 1. The van der Waals surface area contributed by atoms with Crippen molar-refractivity contribution < 1.29 is 9.90 Å². The molecule has 3 rings (SSSR count). The van der Waals surface area contributed by atoms with Crippen molar-refractivity contribution >= 4 is 17.7 Å². The molecule has 7 heteroatoms. The van der Waals surface area contributed by atoms with Gasteiger partial charge >= 0.3 is 0 Å². The van der Waals surface area contributed by atoms with E-state index in [1.165, 1.54) is 12.8 Å². The average molecular weight is 338 g/mol. The Labute approximate surface area is 141 Å². The summed E-state index contributed by atoms with van der Waals surface area (Å²) in [7, 11) is 1.97. The van der Waals surface area contributed by atoms with Gasteiger partial charge in [-0.2, -0.15) is 11.8 Å². The Hall–Kier alpha value is -1.05. The zero-order chi connectivity index (χ0) is 16.4. The molecule has 2 heterocycles. The van der Waals surface area contributed by atoms with Crippen molar-refractivity contribution in [3.8, 4) is 0 Å². The molecule has 2 N–H and O–H groups in total. The molecular weight excluding hydrogens is 312 g/mol. The molecule has 23 heavy (non-hydrogen) atoms. The van der Waals surface area contributed by atoms with Crippen LogP contribution in [0.4, 0.5) is 0 Å². The molecule has 2 aliphatic rings. The molecule has 1 saturated carbocycles. The quantitative estimate of drug-likeness (QED) is 0.772. The molecule has 1 aromatic rings. The molecule has 0 radical (unpaired) electrons. The van der Waals surface area contributed by atoms with Gasteiger partial charge in [0.1, 0.15) is 5.82 Å². The number of likely N-dealkylation sites (tertiary alicyclic amines) is 1. The summed E-state index contributed by atoms with van der Waals surface area (Å²) in [4.78, 5) is 23.7. The lowest BCUT2D eigenvalue weighted by atomic mass is 10.2. The van der Waals surface area contributed by atoms with Crippen LogP contribution in [0, 0.1) is 12.8 Å². The van der Waals surface area contributed by atoms with Crippen LogP contribution in [-0.4, -0.2) is 74.6 Å². The van der Waals surface area contributed by atoms with Crippen molar-refractivity contribution in [1.82, 2.24) is 19.8 Å². The number of hydrogen-bond acceptors (Lipinski definition) is 5. The second kappa shape index (κ2) is 7.23. The predicted molar refractivity (Wildman–Crippen MR) is 91.2 cm³/mol. The normalized spacial score (nSPS) is 24.6. The Kier molecular flexibility index (Phi) is 5.28. The molecule has 2 atom stereocenters. The molecule has 0 unspecified atom stereocenters. The third kappa shape index (κ3) is 4.49. The highest BCUT2D eigenvalue weighted by Crippen LogP contribution is 2.32. The number of aromatic nitrogens is 2. The van der Waals surface area contributed by atoms with E-state index < -0.39 is 6.10 Å². The largest absolute Gasteiger partial charge is 0.390 e. The van der Waals surface area contributed by atoms with Crippen LogP contribution in [-0.2, 0) is 11.3 Å². The zero-order valence-corrected chi connectivity index (χ0v) is 14.7. The number of aliphatic hydroxyl groups is 1. The van der Waals surface area contributed by atoms with Crippen molar-refractivity contribution in [2.45, 2.75) is 38.5 Å². The number of carbonyl (C=O) groups excluding carboxylic acids is 1. The lowest BCUT2D eigenvalue weighted by Crippen LogP contribution is -2.40. The van der Waals surface area contributed by atoms with Gasteiger partial charge in [0.15, 0.2) is 0 Å². The van der Waals surface area contributed by atoms with E-state index in [1.54, 1.807) is 22.9 Å². The van der Waals surface area contributed by atoms with E-state index in [1.807, 2.05) is 14.0 Å². The number of imidazole rings is 1. The summed E-state index contributed by atoms with van der Waals surface area (Å²) in [5.74, 6) is 3.52. The number of amides is 1. The second-order valence-corrected chi connectivity index (χ2v) is 7.85. The number of likely N-dealkylation sites (N-methyl/N-ethyl adjacent to an activating group) is 1. The minimum atomic E-state index is -0.492. The average Bonchev–Trinajstić information content (AvgIpc) is 3.11. The number of aryl methyl sites for hydroxylation is 1. The van der Waals surface area contributed by atoms with Crippen molar-refractivity contribution in [3.05, 3.63) is 17.7 Å². The van der Waals surface area contributed by atoms with Crippen molar-refractivity contribution in [2.24, 2.45) is 5.92 Å². The number of H-pyrrole nitrogens is 1. The molecule has 0 aromatic carbocycles. The summed E-state index contributed by atoms with van der Waals surface area (Å²) in [6.45, 7) is 3.66. The molecule has 1 saturated heterocycles. The number of aliphatic hydroxyl groups excluding tert-OH is 1. The van der Waals surface area contributed by atoms with Crippen molar-refractivity contribution in [2.75, 3.05) is 31.6 Å². The van der Waals surface area contributed by atoms with Crippen LogP contribution in [0.2, 0.25) is 0 Å². The van der Waals surface area contributed by atoms with Crippen molar-refractivity contribution in [3.63, 3.8) is 0 Å². The first-order valence-electron chi connectivity index (χ1n) is 8.27. The van der Waals surface area contributed by atoms with Gasteiger partial charge in [-0.05, 0) is 38.5 Å². The van der Waals surface area contributed by atoms with Crippen LogP contribution in [0.15, 0.2) is 6.20 Å². The lowest BCUT2D eigenvalue weighted by Gasteiger charge is -2.25. The fourth-order valence-electron chi connectivity index (χ4n) is 3.00. The molecule has 1 aliphatic carbocycles. The number of β-amino-alcohol motifs (C(OH)–C–C–N with tert-alkyl or cyclic N) is 1. The Balaban J connectivity index is 1.47. The van der Waals surface area contributed by atoms with Gasteiger partial charge in [-0.3, -0.25) is 9.69 Å². The summed E-state index contributed by atoms with van der Waals surface area (Å²) < 4.78 is 0. The first-order chi connectivity index (χ1) is 11.0. The highest BCUT2D eigenvalue weighted by atomic mass is 32.2. The van der Waals surface area contributed by atoms with E-state index in [-0.39, 0.29) is 11.9 Å². The Morgan fingerprint density at radius 3 is 2.96 bits per heavy atom. The maximum absolute atomic E-state index is 12.3. The van der Waals surface area contributed by atoms with Crippen LogP contribution < -0.4 is 0 Å². The fraction of sp³-hybridized carbons (Fsp3) is 0.750. The molecule has 6 nitrogen and oxygen atoms in total. The van der Waals surface area contributed by atoms with E-state index in [9.17, 15) is 9.90 Å². The first-order valence-corrected chi connectivity index (χ1v) is 9.42. The van der Waals surface area contributed by atoms with E-state index in [2.05, 4.69) is 14.9 Å². The van der Waals surface area contributed by atoms with Crippen LogP contribution in [0.25, 0.3) is 0 Å². The van der Waals surface area contributed by atoms with Gasteiger partial charge in [-0.15, -0.1) is 0 Å². The topological polar surface area (TPSA) is 72.5 Å². The molecular formula is C16H26N4O2S. The van der Waals surface area contributed by atoms with Gasteiger partial charge in [-0.1, -0.05) is 0 Å². The lowest BCUT2D eigenvalue weighted by molar-refractivity contribution is -0.127. The van der Waals surface area contributed by atoms with E-state index >= 15 is 0 Å². The van der Waals surface area contributed by atoms with Gasteiger partial charge in [0, 0.05) is 25.0 Å². The van der Waals surface area contributed by atoms with Gasteiger partial charge in [0.25, 0.3) is 0 Å². The molecule has 128 valence electrons. The van der Waals surface area contributed by atoms with Gasteiger partial charge in [-0.25, -0.2) is 4.98 Å². The standard InChI is InChI=1S/C16H26N4O2S/c1-11-5-17-15(18-11)8-19(2)13-6-20(7-14(13)21)16(22)10-23-9-12-3-4-12/h5,12-14,21H,3-4,6-10H2,1-2H3,(H,17,18)/t13-,14-/m0/s1. The number of nitrogens with one attached hydrogen (secondary N) is 1. The van der Waals surface area contributed by atoms with Crippen molar-refractivity contribution in [1.29, 1.82) is 0 Å². The van der Waals surface area contributed by atoms with E-state index in [4.69, 9.17) is 0 Å². The number of rotatable bonds is 7. The molecule has 0 bridgehead atoms. The summed E-state index contributed by atoms with van der Waals surface area (Å²) >= 11 is 1.73. The third-order valence-electron chi connectivity index (χ3n) is 4.61. The summed E-state index contributed by atoms with van der Waals surface area (Å²) in [5, 5.41) is 10.3. The van der Waals surface area contributed by atoms with E-state index in [0.717, 1.165) is 23.2 Å². The maximum atomic E-state index is 12.3. The fourth-order valence-corrected chi connectivity index (χ4v) is 4.14. The van der Waals surface area contributed by atoms with Crippen LogP contribution >= 0.6 is 11.8 Å². The molecule has 1 aliphatic heterocycles. The van der Waals surface area contributed by atoms with Crippen LogP contribution in [0.1, 0.15) is 24.4 Å². The Morgan fingerprint density at radius 1 is 1.52 bits per heavy atom.